The monoisotopic (exact) mass is 571 g/mol. The number of hydrogen-bond donors (Lipinski definition) is 3. The minimum absolute atomic E-state index is 0.105. The van der Waals surface area contributed by atoms with Crippen molar-refractivity contribution in [3.63, 3.8) is 0 Å². The Morgan fingerprint density at radius 3 is 2.35 bits per heavy atom. The third kappa shape index (κ3) is 8.11. The van der Waals surface area contributed by atoms with E-state index in [-0.39, 0.29) is 22.8 Å². The lowest BCUT2D eigenvalue weighted by Crippen LogP contribution is -2.30. The molecule has 3 amide bonds. The molecule has 1 heterocycles. The average Bonchev–Trinajstić information content (AvgIpc) is 3.37. The van der Waals surface area contributed by atoms with E-state index in [0.717, 1.165) is 21.0 Å². The van der Waals surface area contributed by atoms with E-state index in [4.69, 9.17) is 0 Å². The molecule has 0 saturated heterocycles. The van der Waals surface area contributed by atoms with E-state index in [0.29, 0.717) is 22.8 Å². The summed E-state index contributed by atoms with van der Waals surface area (Å²) in [6, 6.07) is 23.6. The van der Waals surface area contributed by atoms with Crippen molar-refractivity contribution >= 4 is 57.7 Å². The molecule has 3 N–H and O–H groups in total. The van der Waals surface area contributed by atoms with Crippen LogP contribution in [0.5, 0.6) is 0 Å². The Morgan fingerprint density at radius 2 is 1.68 bits per heavy atom. The van der Waals surface area contributed by atoms with Crippen molar-refractivity contribution in [2.75, 3.05) is 10.6 Å². The van der Waals surface area contributed by atoms with Crippen molar-refractivity contribution in [3.8, 4) is 0 Å². The molecule has 0 aliphatic rings. The number of hydrogen-bond acceptors (Lipinski definition) is 7. The molecular weight excluding hydrogens is 542 g/mol. The molecule has 1 unspecified atom stereocenters. The first-order chi connectivity index (χ1) is 19.3. The molecule has 0 aliphatic heterocycles. The number of aromatic nitrogens is 2. The molecule has 0 radical (unpaired) electrons. The minimum Gasteiger partial charge on any atom is -0.321 e. The van der Waals surface area contributed by atoms with E-state index in [9.17, 15) is 14.4 Å². The number of benzene rings is 3. The maximum absolute atomic E-state index is 13.4. The van der Waals surface area contributed by atoms with Crippen LogP contribution in [-0.2, 0) is 9.59 Å². The summed E-state index contributed by atoms with van der Waals surface area (Å²) in [4.78, 5) is 39.9. The first kappa shape index (κ1) is 28.7. The van der Waals surface area contributed by atoms with E-state index >= 15 is 0 Å². The van der Waals surface area contributed by atoms with E-state index < -0.39 is 5.91 Å². The summed E-state index contributed by atoms with van der Waals surface area (Å²) in [5.41, 5.74) is 2.94. The fourth-order valence-electron chi connectivity index (χ4n) is 3.64. The van der Waals surface area contributed by atoms with Gasteiger partial charge in [0, 0.05) is 16.1 Å². The predicted octanol–water partition coefficient (Wildman–Crippen LogP) is 6.07. The van der Waals surface area contributed by atoms with Crippen molar-refractivity contribution in [3.05, 3.63) is 106 Å². The van der Waals surface area contributed by atoms with Crippen LogP contribution >= 0.6 is 23.1 Å². The van der Waals surface area contributed by atoms with E-state index in [1.54, 1.807) is 42.5 Å². The van der Waals surface area contributed by atoms with Crippen molar-refractivity contribution in [1.82, 2.24) is 15.5 Å². The fourth-order valence-corrected chi connectivity index (χ4v) is 5.24. The van der Waals surface area contributed by atoms with Gasteiger partial charge in [-0.3, -0.25) is 19.7 Å². The number of carbonyl (C=O) groups excluding carboxylic acids is 3. The minimum atomic E-state index is -0.469. The smallest absolute Gasteiger partial charge is 0.272 e. The molecule has 1 aromatic heterocycles. The largest absolute Gasteiger partial charge is 0.321 e. The molecule has 4 rings (SSSR count). The number of thioether (sulfide) groups is 1. The van der Waals surface area contributed by atoms with Crippen molar-refractivity contribution in [2.24, 2.45) is 0 Å². The second kappa shape index (κ2) is 13.7. The van der Waals surface area contributed by atoms with Gasteiger partial charge in [0.15, 0.2) is 0 Å². The van der Waals surface area contributed by atoms with Gasteiger partial charge in [-0.05, 0) is 62.2 Å². The van der Waals surface area contributed by atoms with Crippen LogP contribution in [0.1, 0.15) is 39.8 Å². The molecule has 4 aromatic rings. The number of carbonyl (C=O) groups is 3. The summed E-state index contributed by atoms with van der Waals surface area (Å²) < 4.78 is 0. The highest BCUT2D eigenvalue weighted by atomic mass is 32.2. The molecule has 3 aromatic carbocycles. The third-order valence-corrected chi connectivity index (χ3v) is 7.82. The molecular formula is C30H29N5O3S2. The van der Waals surface area contributed by atoms with Gasteiger partial charge < -0.3 is 10.6 Å². The van der Waals surface area contributed by atoms with Crippen LogP contribution in [0.3, 0.4) is 0 Å². The van der Waals surface area contributed by atoms with Gasteiger partial charge in [0.2, 0.25) is 11.0 Å². The SMILES string of the molecule is CCC(Sc1cccc(NC(=O)/C(=C/c2ccc(C)cc2)NC(=O)c2ccccc2)c1)C(=O)Nc1nnc(C)s1. The highest BCUT2D eigenvalue weighted by molar-refractivity contribution is 8.00. The zero-order chi connectivity index (χ0) is 28.5. The molecule has 0 aliphatic carbocycles. The summed E-state index contributed by atoms with van der Waals surface area (Å²) in [6.45, 7) is 5.74. The number of rotatable bonds is 10. The standard InChI is InChI=1S/C30H29N5O3S2/c1-4-26(29(38)33-30-35-34-20(3)39-30)40-24-12-8-11-23(18-24)31-28(37)25(17-21-15-13-19(2)14-16-21)32-27(36)22-9-6-5-7-10-22/h5-18,26H,4H2,1-3H3,(H,31,37)(H,32,36)(H,33,35,38)/b25-17-. The normalized spacial score (nSPS) is 11.9. The number of nitrogens with one attached hydrogen (secondary N) is 3. The van der Waals surface area contributed by atoms with Crippen molar-refractivity contribution < 1.29 is 14.4 Å². The molecule has 0 spiro atoms. The van der Waals surface area contributed by atoms with Gasteiger partial charge in [0.1, 0.15) is 10.7 Å². The second-order valence-corrected chi connectivity index (χ2v) is 11.4. The summed E-state index contributed by atoms with van der Waals surface area (Å²) >= 11 is 2.71. The lowest BCUT2D eigenvalue weighted by molar-refractivity contribution is -0.116. The van der Waals surface area contributed by atoms with Gasteiger partial charge >= 0.3 is 0 Å². The molecule has 204 valence electrons. The van der Waals surface area contributed by atoms with Gasteiger partial charge in [-0.1, -0.05) is 72.4 Å². The molecule has 0 fully saturated rings. The summed E-state index contributed by atoms with van der Waals surface area (Å²) in [5.74, 6) is -1.02. The number of nitrogens with zero attached hydrogens (tertiary/aromatic N) is 2. The zero-order valence-corrected chi connectivity index (χ0v) is 23.9. The van der Waals surface area contributed by atoms with E-state index in [2.05, 4.69) is 26.1 Å². The lowest BCUT2D eigenvalue weighted by Gasteiger charge is -2.15. The van der Waals surface area contributed by atoms with Gasteiger partial charge in [0.05, 0.1) is 5.25 Å². The Balaban J connectivity index is 1.49. The summed E-state index contributed by atoms with van der Waals surface area (Å²) in [6.07, 6.45) is 2.24. The maximum Gasteiger partial charge on any atom is 0.272 e. The number of anilines is 2. The van der Waals surface area contributed by atoms with Crippen LogP contribution < -0.4 is 16.0 Å². The quantitative estimate of drug-likeness (QED) is 0.157. The van der Waals surface area contributed by atoms with E-state index in [1.165, 1.54) is 23.1 Å². The van der Waals surface area contributed by atoms with Gasteiger partial charge in [-0.25, -0.2) is 0 Å². The number of amides is 3. The topological polar surface area (TPSA) is 113 Å². The third-order valence-electron chi connectivity index (χ3n) is 5.71. The maximum atomic E-state index is 13.4. The highest BCUT2D eigenvalue weighted by Crippen LogP contribution is 2.29. The van der Waals surface area contributed by atoms with E-state index in [1.807, 2.05) is 63.2 Å². The first-order valence-corrected chi connectivity index (χ1v) is 14.3. The van der Waals surface area contributed by atoms with Crippen LogP contribution in [0, 0.1) is 13.8 Å². The molecule has 40 heavy (non-hydrogen) atoms. The number of aryl methyl sites for hydroxylation is 2. The second-order valence-electron chi connectivity index (χ2n) is 8.90. The van der Waals surface area contributed by atoms with Crippen LogP contribution in [0.2, 0.25) is 0 Å². The highest BCUT2D eigenvalue weighted by Gasteiger charge is 2.20. The van der Waals surface area contributed by atoms with Crippen LogP contribution in [0.25, 0.3) is 6.08 Å². The Labute approximate surface area is 241 Å². The van der Waals surface area contributed by atoms with Crippen LogP contribution in [0.15, 0.2) is 89.5 Å². The summed E-state index contributed by atoms with van der Waals surface area (Å²) in [5, 5.41) is 17.2. The zero-order valence-electron chi connectivity index (χ0n) is 22.3. The Hall–Kier alpha value is -4.28. The average molecular weight is 572 g/mol. The molecule has 1 atom stereocenters. The van der Waals surface area contributed by atoms with Gasteiger partial charge in [0.25, 0.3) is 11.8 Å². The predicted molar refractivity (Wildman–Crippen MR) is 161 cm³/mol. The van der Waals surface area contributed by atoms with Crippen LogP contribution in [0.4, 0.5) is 10.8 Å². The molecule has 0 saturated carbocycles. The first-order valence-electron chi connectivity index (χ1n) is 12.6. The molecule has 0 bridgehead atoms. The Bertz CT molecular complexity index is 1520. The Kier molecular flexibility index (Phi) is 9.82. The Morgan fingerprint density at radius 1 is 0.925 bits per heavy atom. The van der Waals surface area contributed by atoms with Crippen molar-refractivity contribution in [2.45, 2.75) is 37.3 Å². The van der Waals surface area contributed by atoms with Gasteiger partial charge in [-0.15, -0.1) is 22.0 Å². The van der Waals surface area contributed by atoms with Gasteiger partial charge in [-0.2, -0.15) is 0 Å². The van der Waals surface area contributed by atoms with Crippen molar-refractivity contribution in [1.29, 1.82) is 0 Å². The molecule has 8 nitrogen and oxygen atoms in total. The van der Waals surface area contributed by atoms with Crippen LogP contribution in [-0.4, -0.2) is 33.2 Å². The molecule has 10 heteroatoms. The summed E-state index contributed by atoms with van der Waals surface area (Å²) in [7, 11) is 0. The lowest BCUT2D eigenvalue weighted by atomic mass is 10.1. The fraction of sp³-hybridized carbons (Fsp3) is 0.167.